The molecular weight excluding hydrogens is 385 g/mol. The molecular formula is C23H24FN3O3. The fraction of sp³-hybridized carbons (Fsp3) is 0.348. The van der Waals surface area contributed by atoms with E-state index in [0.29, 0.717) is 23.3 Å². The predicted octanol–water partition coefficient (Wildman–Crippen LogP) is 2.60. The number of carbonyl (C=O) groups excluding carboxylic acids is 2. The van der Waals surface area contributed by atoms with E-state index in [4.69, 9.17) is 4.74 Å². The molecule has 0 saturated carbocycles. The lowest BCUT2D eigenvalue weighted by atomic mass is 9.83. The quantitative estimate of drug-likeness (QED) is 0.795. The highest BCUT2D eigenvalue weighted by molar-refractivity contribution is 6.00. The van der Waals surface area contributed by atoms with Crippen molar-refractivity contribution in [2.24, 2.45) is 0 Å². The van der Waals surface area contributed by atoms with Crippen LogP contribution in [0.3, 0.4) is 0 Å². The maximum Gasteiger partial charge on any atom is 0.249 e. The van der Waals surface area contributed by atoms with Gasteiger partial charge in [0, 0.05) is 25.5 Å². The van der Waals surface area contributed by atoms with Crippen LogP contribution in [-0.2, 0) is 22.4 Å². The van der Waals surface area contributed by atoms with Gasteiger partial charge in [0.25, 0.3) is 0 Å². The van der Waals surface area contributed by atoms with E-state index in [1.54, 1.807) is 37.4 Å². The Balaban J connectivity index is 1.90. The van der Waals surface area contributed by atoms with Crippen molar-refractivity contribution in [1.82, 2.24) is 10.2 Å². The van der Waals surface area contributed by atoms with Crippen LogP contribution < -0.4 is 10.1 Å². The first-order valence-corrected chi connectivity index (χ1v) is 9.75. The summed E-state index contributed by atoms with van der Waals surface area (Å²) in [5.74, 6) is -0.366. The summed E-state index contributed by atoms with van der Waals surface area (Å²) < 4.78 is 18.6. The van der Waals surface area contributed by atoms with Crippen LogP contribution in [0.15, 0.2) is 42.5 Å². The van der Waals surface area contributed by atoms with E-state index in [-0.39, 0.29) is 30.5 Å². The highest BCUT2D eigenvalue weighted by Crippen LogP contribution is 2.30. The van der Waals surface area contributed by atoms with Crippen LogP contribution in [0.25, 0.3) is 0 Å². The molecule has 1 saturated heterocycles. The van der Waals surface area contributed by atoms with E-state index in [0.717, 1.165) is 5.56 Å². The molecule has 2 unspecified atom stereocenters. The molecule has 1 aliphatic rings. The third kappa shape index (κ3) is 3.86. The maximum absolute atomic E-state index is 13.3. The van der Waals surface area contributed by atoms with E-state index < -0.39 is 11.6 Å². The number of hydrogen-bond donors (Lipinski definition) is 1. The third-order valence-corrected chi connectivity index (χ3v) is 5.76. The van der Waals surface area contributed by atoms with E-state index in [1.165, 1.54) is 24.1 Å². The number of nitrogens with one attached hydrogen (secondary N) is 1. The van der Waals surface area contributed by atoms with Crippen LogP contribution in [0.5, 0.6) is 5.75 Å². The summed E-state index contributed by atoms with van der Waals surface area (Å²) >= 11 is 0. The Hall–Kier alpha value is -3.40. The lowest BCUT2D eigenvalue weighted by molar-refractivity contribution is -0.153. The second kappa shape index (κ2) is 8.54. The molecule has 156 valence electrons. The van der Waals surface area contributed by atoms with Crippen LogP contribution >= 0.6 is 0 Å². The van der Waals surface area contributed by atoms with Gasteiger partial charge < -0.3 is 15.0 Å². The topological polar surface area (TPSA) is 82.4 Å². The van der Waals surface area contributed by atoms with Crippen molar-refractivity contribution in [3.63, 3.8) is 0 Å². The van der Waals surface area contributed by atoms with Gasteiger partial charge >= 0.3 is 0 Å². The number of halogens is 1. The van der Waals surface area contributed by atoms with Gasteiger partial charge in [-0.25, -0.2) is 4.39 Å². The normalized spacial score (nSPS) is 21.2. The van der Waals surface area contributed by atoms with Crippen LogP contribution in [0, 0.1) is 17.1 Å². The summed E-state index contributed by atoms with van der Waals surface area (Å²) in [6.45, 7) is 1.84. The minimum Gasteiger partial charge on any atom is -0.496 e. The number of methoxy groups -OCH3 is 1. The number of piperazine rings is 1. The fourth-order valence-corrected chi connectivity index (χ4v) is 3.96. The Labute approximate surface area is 175 Å². The number of rotatable bonds is 6. The molecule has 2 atom stereocenters. The van der Waals surface area contributed by atoms with Gasteiger partial charge in [0.1, 0.15) is 23.1 Å². The van der Waals surface area contributed by atoms with Gasteiger partial charge in [-0.3, -0.25) is 9.59 Å². The predicted molar refractivity (Wildman–Crippen MR) is 109 cm³/mol. The summed E-state index contributed by atoms with van der Waals surface area (Å²) in [6.07, 6.45) is 0.824. The Bertz CT molecular complexity index is 1000. The number of likely N-dealkylation sites (N-methyl/N-ethyl adjacent to an activating group) is 1. The van der Waals surface area contributed by atoms with E-state index in [1.807, 2.05) is 6.92 Å². The van der Waals surface area contributed by atoms with Crippen molar-refractivity contribution >= 4 is 11.8 Å². The second-order valence-electron chi connectivity index (χ2n) is 7.46. The number of hydrogen-bond acceptors (Lipinski definition) is 4. The molecule has 7 heteroatoms. The Morgan fingerprint density at radius 2 is 1.93 bits per heavy atom. The number of carbonyl (C=O) groups is 2. The van der Waals surface area contributed by atoms with Gasteiger partial charge in [0.2, 0.25) is 11.8 Å². The molecule has 3 rings (SSSR count). The largest absolute Gasteiger partial charge is 0.496 e. The minimum atomic E-state index is -1.10. The number of amides is 2. The number of nitriles is 1. The zero-order chi connectivity index (χ0) is 21.9. The Kier molecular flexibility index (Phi) is 6.06. The van der Waals surface area contributed by atoms with Crippen molar-refractivity contribution in [2.45, 2.75) is 37.8 Å². The second-order valence-corrected chi connectivity index (χ2v) is 7.46. The first kappa shape index (κ1) is 21.3. The van der Waals surface area contributed by atoms with E-state index >= 15 is 0 Å². The lowest BCUT2D eigenvalue weighted by Crippen LogP contribution is -2.70. The van der Waals surface area contributed by atoms with Crippen molar-refractivity contribution in [1.29, 1.82) is 5.26 Å². The minimum absolute atomic E-state index is 0.164. The molecule has 0 aromatic heterocycles. The van der Waals surface area contributed by atoms with Gasteiger partial charge in [-0.2, -0.15) is 5.26 Å². The average Bonchev–Trinajstić information content (AvgIpc) is 2.76. The van der Waals surface area contributed by atoms with Gasteiger partial charge in [-0.05, 0) is 36.2 Å². The molecule has 1 fully saturated rings. The molecule has 2 aromatic carbocycles. The van der Waals surface area contributed by atoms with Gasteiger partial charge in [-0.1, -0.05) is 25.1 Å². The highest BCUT2D eigenvalue weighted by atomic mass is 19.1. The number of ether oxygens (including phenoxy) is 1. The molecule has 0 spiro atoms. The van der Waals surface area contributed by atoms with E-state index in [9.17, 15) is 19.2 Å². The van der Waals surface area contributed by atoms with Crippen molar-refractivity contribution in [3.05, 3.63) is 65.0 Å². The SMILES string of the molecule is CCC1(Cc2ccc(F)cc2)NC(=O)C(Cc2c(C#N)cccc2OC)N(C)C1=O. The molecule has 1 aliphatic heterocycles. The average molecular weight is 409 g/mol. The van der Waals surface area contributed by atoms with Crippen LogP contribution in [0.4, 0.5) is 4.39 Å². The van der Waals surface area contributed by atoms with E-state index in [2.05, 4.69) is 11.4 Å². The van der Waals surface area contributed by atoms with Gasteiger partial charge in [0.15, 0.2) is 0 Å². The summed E-state index contributed by atoms with van der Waals surface area (Å²) in [4.78, 5) is 27.9. The third-order valence-electron chi connectivity index (χ3n) is 5.76. The Morgan fingerprint density at radius 1 is 1.23 bits per heavy atom. The summed E-state index contributed by atoms with van der Waals surface area (Å²) in [5.41, 5.74) is 0.653. The van der Waals surface area contributed by atoms with Crippen LogP contribution in [0.2, 0.25) is 0 Å². The fourth-order valence-electron chi connectivity index (χ4n) is 3.96. The summed E-state index contributed by atoms with van der Waals surface area (Å²) in [5, 5.41) is 12.4. The molecule has 1 heterocycles. The molecule has 0 radical (unpaired) electrons. The van der Waals surface area contributed by atoms with Gasteiger partial charge in [-0.15, -0.1) is 0 Å². The lowest BCUT2D eigenvalue weighted by Gasteiger charge is -2.44. The number of nitrogens with zero attached hydrogens (tertiary/aromatic N) is 2. The molecule has 2 amide bonds. The molecule has 1 N–H and O–H groups in total. The zero-order valence-corrected chi connectivity index (χ0v) is 17.2. The first-order chi connectivity index (χ1) is 14.3. The van der Waals surface area contributed by atoms with Crippen molar-refractivity contribution in [2.75, 3.05) is 14.2 Å². The van der Waals surface area contributed by atoms with Gasteiger partial charge in [0.05, 0.1) is 18.7 Å². The Morgan fingerprint density at radius 3 is 2.53 bits per heavy atom. The number of benzene rings is 2. The van der Waals surface area contributed by atoms with Crippen molar-refractivity contribution < 1.29 is 18.7 Å². The van der Waals surface area contributed by atoms with Crippen molar-refractivity contribution in [3.8, 4) is 11.8 Å². The first-order valence-electron chi connectivity index (χ1n) is 9.75. The monoisotopic (exact) mass is 409 g/mol. The molecule has 30 heavy (non-hydrogen) atoms. The summed E-state index contributed by atoms with van der Waals surface area (Å²) in [6, 6.07) is 12.4. The summed E-state index contributed by atoms with van der Waals surface area (Å²) in [7, 11) is 3.10. The standard InChI is InChI=1S/C23H24FN3O3/c1-4-23(13-15-8-10-17(24)11-9-15)22(29)27(2)19(21(28)26-23)12-18-16(14-25)6-5-7-20(18)30-3/h5-11,19H,4,12-13H2,1-3H3,(H,26,28). The molecule has 6 nitrogen and oxygen atoms in total. The van der Waals surface area contributed by atoms with Crippen LogP contribution in [-0.4, -0.2) is 42.5 Å². The molecule has 0 bridgehead atoms. The molecule has 0 aliphatic carbocycles. The molecule has 2 aromatic rings. The zero-order valence-electron chi connectivity index (χ0n) is 17.2. The maximum atomic E-state index is 13.3. The van der Waals surface area contributed by atoms with Crippen LogP contribution in [0.1, 0.15) is 30.0 Å². The smallest absolute Gasteiger partial charge is 0.249 e. The highest BCUT2D eigenvalue weighted by Gasteiger charge is 2.48.